The maximum atomic E-state index is 12.2. The van der Waals surface area contributed by atoms with Crippen LogP contribution in [0.4, 0.5) is 5.69 Å². The SMILES string of the molecule is CCC1(CC)C[C@@H](CCN2CCN(c3c(C)cccc3C)CC2)OC1=O. The summed E-state index contributed by atoms with van der Waals surface area (Å²) in [6, 6.07) is 6.55. The number of para-hydroxylation sites is 1. The molecule has 4 nitrogen and oxygen atoms in total. The van der Waals surface area contributed by atoms with Crippen molar-refractivity contribution in [2.24, 2.45) is 5.41 Å². The van der Waals surface area contributed by atoms with E-state index >= 15 is 0 Å². The summed E-state index contributed by atoms with van der Waals surface area (Å²) in [4.78, 5) is 17.3. The molecule has 1 atom stereocenters. The zero-order valence-electron chi connectivity index (χ0n) is 16.9. The molecule has 1 aromatic rings. The van der Waals surface area contributed by atoms with Crippen LogP contribution in [0.5, 0.6) is 0 Å². The minimum absolute atomic E-state index is 0.0346. The molecule has 0 radical (unpaired) electrons. The smallest absolute Gasteiger partial charge is 0.312 e. The summed E-state index contributed by atoms with van der Waals surface area (Å²) in [5, 5.41) is 0. The van der Waals surface area contributed by atoms with Crippen LogP contribution >= 0.6 is 0 Å². The van der Waals surface area contributed by atoms with Crippen molar-refractivity contribution in [3.05, 3.63) is 29.3 Å². The summed E-state index contributed by atoms with van der Waals surface area (Å²) in [7, 11) is 0. The van der Waals surface area contributed by atoms with E-state index in [0.717, 1.165) is 58.4 Å². The van der Waals surface area contributed by atoms with Crippen molar-refractivity contribution >= 4 is 11.7 Å². The van der Waals surface area contributed by atoms with Gasteiger partial charge < -0.3 is 9.64 Å². The fourth-order valence-electron chi connectivity index (χ4n) is 4.65. The number of hydrogen-bond donors (Lipinski definition) is 0. The topological polar surface area (TPSA) is 32.8 Å². The number of benzene rings is 1. The van der Waals surface area contributed by atoms with E-state index in [4.69, 9.17) is 4.74 Å². The summed E-state index contributed by atoms with van der Waals surface area (Å²) in [6.45, 7) is 14.0. The maximum absolute atomic E-state index is 12.2. The molecule has 0 amide bonds. The van der Waals surface area contributed by atoms with E-state index in [0.29, 0.717) is 0 Å². The number of esters is 1. The number of nitrogens with zero attached hydrogens (tertiary/aromatic N) is 2. The number of carbonyl (C=O) groups excluding carboxylic acids is 1. The monoisotopic (exact) mass is 358 g/mol. The summed E-state index contributed by atoms with van der Waals surface area (Å²) < 4.78 is 5.70. The number of ether oxygens (including phenoxy) is 1. The third-order valence-electron chi connectivity index (χ3n) is 6.57. The van der Waals surface area contributed by atoms with Crippen molar-refractivity contribution in [1.29, 1.82) is 0 Å². The van der Waals surface area contributed by atoms with Crippen LogP contribution in [0, 0.1) is 19.3 Å². The average Bonchev–Trinajstić information content (AvgIpc) is 2.97. The predicted octanol–water partition coefficient (Wildman–Crippen LogP) is 3.94. The fourth-order valence-corrected chi connectivity index (χ4v) is 4.65. The van der Waals surface area contributed by atoms with E-state index in [-0.39, 0.29) is 17.5 Å². The van der Waals surface area contributed by atoms with Crippen LogP contribution in [0.2, 0.25) is 0 Å². The lowest BCUT2D eigenvalue weighted by atomic mass is 9.79. The molecule has 2 saturated heterocycles. The Kier molecular flexibility index (Phi) is 5.91. The van der Waals surface area contributed by atoms with Crippen LogP contribution in [0.1, 0.15) is 50.7 Å². The van der Waals surface area contributed by atoms with Crippen LogP contribution in [0.25, 0.3) is 0 Å². The third kappa shape index (κ3) is 3.75. The van der Waals surface area contributed by atoms with Gasteiger partial charge in [0.2, 0.25) is 0 Å². The minimum atomic E-state index is -0.217. The Morgan fingerprint density at radius 3 is 2.23 bits per heavy atom. The minimum Gasteiger partial charge on any atom is -0.462 e. The van der Waals surface area contributed by atoms with Crippen molar-refractivity contribution in [3.63, 3.8) is 0 Å². The Morgan fingerprint density at radius 1 is 1.08 bits per heavy atom. The summed E-state index contributed by atoms with van der Waals surface area (Å²) in [5.41, 5.74) is 3.93. The van der Waals surface area contributed by atoms with Crippen LogP contribution in [-0.2, 0) is 9.53 Å². The molecular formula is C22H34N2O2. The third-order valence-corrected chi connectivity index (χ3v) is 6.57. The average molecular weight is 359 g/mol. The van der Waals surface area contributed by atoms with E-state index in [2.05, 4.69) is 55.7 Å². The van der Waals surface area contributed by atoms with Gasteiger partial charge >= 0.3 is 5.97 Å². The van der Waals surface area contributed by atoms with Crippen molar-refractivity contribution in [3.8, 4) is 0 Å². The molecule has 1 aromatic carbocycles. The van der Waals surface area contributed by atoms with Gasteiger partial charge in [0.25, 0.3) is 0 Å². The summed E-state index contributed by atoms with van der Waals surface area (Å²) in [5.74, 6) is 0.0346. The van der Waals surface area contributed by atoms with Crippen LogP contribution in [0.3, 0.4) is 0 Å². The molecule has 2 aliphatic rings. The molecule has 0 N–H and O–H groups in total. The van der Waals surface area contributed by atoms with E-state index in [1.807, 2.05) is 0 Å². The van der Waals surface area contributed by atoms with Gasteiger partial charge in [0.1, 0.15) is 6.10 Å². The molecular weight excluding hydrogens is 324 g/mol. The number of carbonyl (C=O) groups is 1. The zero-order valence-corrected chi connectivity index (χ0v) is 16.9. The first-order valence-corrected chi connectivity index (χ1v) is 10.2. The number of anilines is 1. The highest BCUT2D eigenvalue weighted by Crippen LogP contribution is 2.41. The molecule has 0 spiro atoms. The Balaban J connectivity index is 1.49. The fraction of sp³-hybridized carbons (Fsp3) is 0.682. The Hall–Kier alpha value is -1.55. The normalized spacial score (nSPS) is 23.3. The van der Waals surface area contributed by atoms with Gasteiger partial charge in [-0.25, -0.2) is 0 Å². The largest absolute Gasteiger partial charge is 0.462 e. The van der Waals surface area contributed by atoms with Crippen LogP contribution < -0.4 is 4.90 Å². The second-order valence-corrected chi connectivity index (χ2v) is 8.08. The van der Waals surface area contributed by atoms with Gasteiger partial charge in [-0.1, -0.05) is 32.0 Å². The van der Waals surface area contributed by atoms with E-state index in [9.17, 15) is 4.79 Å². The quantitative estimate of drug-likeness (QED) is 0.721. The van der Waals surface area contributed by atoms with E-state index in [1.54, 1.807) is 0 Å². The van der Waals surface area contributed by atoms with Gasteiger partial charge in [-0.2, -0.15) is 0 Å². The molecule has 4 heteroatoms. The van der Waals surface area contributed by atoms with Gasteiger partial charge in [-0.3, -0.25) is 9.69 Å². The van der Waals surface area contributed by atoms with Gasteiger partial charge in [0, 0.05) is 44.8 Å². The number of hydrogen-bond acceptors (Lipinski definition) is 4. The molecule has 2 fully saturated rings. The number of rotatable bonds is 6. The molecule has 0 bridgehead atoms. The van der Waals surface area contributed by atoms with Crippen molar-refractivity contribution in [2.75, 3.05) is 37.6 Å². The molecule has 2 aliphatic heterocycles. The molecule has 3 rings (SSSR count). The molecule has 0 saturated carbocycles. The van der Waals surface area contributed by atoms with Crippen molar-refractivity contribution in [1.82, 2.24) is 4.90 Å². The highest BCUT2D eigenvalue weighted by Gasteiger charge is 2.46. The maximum Gasteiger partial charge on any atom is 0.312 e. The molecule has 26 heavy (non-hydrogen) atoms. The van der Waals surface area contributed by atoms with Gasteiger partial charge in [-0.05, 0) is 44.2 Å². The van der Waals surface area contributed by atoms with Gasteiger partial charge in [0.05, 0.1) is 5.41 Å². The van der Waals surface area contributed by atoms with Crippen molar-refractivity contribution < 1.29 is 9.53 Å². The van der Waals surface area contributed by atoms with Gasteiger partial charge in [0.15, 0.2) is 0 Å². The second-order valence-electron chi connectivity index (χ2n) is 8.08. The second kappa shape index (κ2) is 7.99. The predicted molar refractivity (Wildman–Crippen MR) is 107 cm³/mol. The van der Waals surface area contributed by atoms with Gasteiger partial charge in [-0.15, -0.1) is 0 Å². The van der Waals surface area contributed by atoms with E-state index < -0.39 is 0 Å². The number of piperazine rings is 1. The molecule has 2 heterocycles. The first-order chi connectivity index (χ1) is 12.5. The molecule has 144 valence electrons. The lowest BCUT2D eigenvalue weighted by Gasteiger charge is -2.37. The highest BCUT2D eigenvalue weighted by molar-refractivity contribution is 5.78. The zero-order chi connectivity index (χ0) is 18.7. The molecule has 0 aromatic heterocycles. The van der Waals surface area contributed by atoms with Crippen molar-refractivity contribution in [2.45, 2.75) is 59.5 Å². The Labute approximate surface area is 158 Å². The number of cyclic esters (lactones) is 1. The molecule has 0 unspecified atom stereocenters. The summed E-state index contributed by atoms with van der Waals surface area (Å²) >= 11 is 0. The lowest BCUT2D eigenvalue weighted by Crippen LogP contribution is -2.47. The first kappa shape index (κ1) is 19.2. The van der Waals surface area contributed by atoms with Crippen LogP contribution in [-0.4, -0.2) is 49.7 Å². The standard InChI is InChI=1S/C22H34N2O2/c1-5-22(6-2)16-19(26-21(22)25)10-11-23-12-14-24(15-13-23)20-17(3)8-7-9-18(20)4/h7-9,19H,5-6,10-16H2,1-4H3/t19-/m1/s1. The van der Waals surface area contributed by atoms with Crippen LogP contribution in [0.15, 0.2) is 18.2 Å². The first-order valence-electron chi connectivity index (χ1n) is 10.2. The lowest BCUT2D eigenvalue weighted by molar-refractivity contribution is -0.149. The number of aryl methyl sites for hydroxylation is 2. The molecule has 0 aliphatic carbocycles. The Bertz CT molecular complexity index is 611. The Morgan fingerprint density at radius 2 is 1.69 bits per heavy atom. The summed E-state index contributed by atoms with van der Waals surface area (Å²) in [6.07, 6.45) is 3.78. The highest BCUT2D eigenvalue weighted by atomic mass is 16.6. The van der Waals surface area contributed by atoms with E-state index in [1.165, 1.54) is 16.8 Å².